The molecular weight excluding hydrogens is 408 g/mol. The molecule has 5 fully saturated rings. The smallest absolute Gasteiger partial charge is 0.0235 e. The molecule has 0 aromatic rings. The number of hydrogen-bond acceptors (Lipinski definition) is 0. The van der Waals surface area contributed by atoms with E-state index in [1.54, 1.807) is 0 Å². The SMILES string of the molecule is CCCCC(C)C1CC[C@]2(C)[C@H]3CC[C@@H]4[C@@]5(C)C[C@@H](C)CC(C)(C)[C@@H]5CC[C@@]4(C)[C@]3(C)CC[C@@H]12. The standard InChI is InChI=1S/C34H60/c1-10-11-12-24(3)25-15-18-31(6)26(25)16-19-33(8)28(31)13-14-29-32(7)22-23(2)21-30(4,5)27(32)17-20-34(29,33)9/h23-29H,10-22H2,1-9H3/t23-,24?,25?,26-,27-,28+,29+,31-,32-,33+,34+/m0/s1. The maximum atomic E-state index is 2.83. The number of unbranched alkanes of at least 4 members (excludes halogenated alkanes) is 1. The first-order chi connectivity index (χ1) is 15.8. The van der Waals surface area contributed by atoms with Gasteiger partial charge in [0.15, 0.2) is 0 Å². The molecule has 2 unspecified atom stereocenters. The summed E-state index contributed by atoms with van der Waals surface area (Å²) >= 11 is 0. The van der Waals surface area contributed by atoms with Gasteiger partial charge in [-0.05, 0) is 133 Å². The van der Waals surface area contributed by atoms with Gasteiger partial charge in [-0.15, -0.1) is 0 Å². The van der Waals surface area contributed by atoms with Crippen molar-refractivity contribution in [2.24, 2.45) is 68.5 Å². The number of fused-ring (bicyclic) bond motifs is 7. The summed E-state index contributed by atoms with van der Waals surface area (Å²) in [4.78, 5) is 0. The van der Waals surface area contributed by atoms with E-state index in [4.69, 9.17) is 0 Å². The van der Waals surface area contributed by atoms with Gasteiger partial charge in [0.1, 0.15) is 0 Å². The van der Waals surface area contributed by atoms with Gasteiger partial charge in [0.25, 0.3) is 0 Å². The molecule has 5 aliphatic rings. The van der Waals surface area contributed by atoms with Crippen LogP contribution in [-0.2, 0) is 0 Å². The zero-order chi connectivity index (χ0) is 24.7. The summed E-state index contributed by atoms with van der Waals surface area (Å²) in [5.41, 5.74) is 2.81. The molecule has 0 saturated heterocycles. The molecule has 0 aromatic heterocycles. The Morgan fingerprint density at radius 3 is 1.97 bits per heavy atom. The lowest BCUT2D eigenvalue weighted by Crippen LogP contribution is -2.66. The van der Waals surface area contributed by atoms with Crippen LogP contribution in [0.4, 0.5) is 0 Å². The highest BCUT2D eigenvalue weighted by molar-refractivity contribution is 5.19. The molecule has 0 aliphatic heterocycles. The normalized spacial score (nSPS) is 55.0. The molecule has 0 bridgehead atoms. The molecule has 196 valence electrons. The van der Waals surface area contributed by atoms with Gasteiger partial charge >= 0.3 is 0 Å². The zero-order valence-corrected chi connectivity index (χ0v) is 24.7. The summed E-state index contributed by atoms with van der Waals surface area (Å²) in [5.74, 6) is 6.73. The average Bonchev–Trinajstić information content (AvgIpc) is 3.08. The second kappa shape index (κ2) is 8.25. The highest BCUT2D eigenvalue weighted by Gasteiger charge is 2.70. The van der Waals surface area contributed by atoms with E-state index in [0.29, 0.717) is 27.1 Å². The molecular formula is C34H60. The fourth-order valence-electron chi connectivity index (χ4n) is 13.5. The Kier molecular flexibility index (Phi) is 6.22. The van der Waals surface area contributed by atoms with Crippen molar-refractivity contribution in [1.29, 1.82) is 0 Å². The van der Waals surface area contributed by atoms with Crippen LogP contribution in [0.3, 0.4) is 0 Å². The van der Waals surface area contributed by atoms with Crippen molar-refractivity contribution >= 4 is 0 Å². The van der Waals surface area contributed by atoms with E-state index in [-0.39, 0.29) is 0 Å². The summed E-state index contributed by atoms with van der Waals surface area (Å²) < 4.78 is 0. The first-order valence-corrected chi connectivity index (χ1v) is 15.8. The molecule has 5 saturated carbocycles. The van der Waals surface area contributed by atoms with Crippen molar-refractivity contribution < 1.29 is 0 Å². The number of rotatable bonds is 4. The summed E-state index contributed by atoms with van der Waals surface area (Å²) in [6.45, 7) is 24.1. The second-order valence-corrected chi connectivity index (χ2v) is 16.6. The van der Waals surface area contributed by atoms with Crippen LogP contribution in [0.2, 0.25) is 0 Å². The van der Waals surface area contributed by atoms with Crippen molar-refractivity contribution in [3.8, 4) is 0 Å². The molecule has 0 N–H and O–H groups in total. The Morgan fingerprint density at radius 2 is 1.32 bits per heavy atom. The summed E-state index contributed by atoms with van der Waals surface area (Å²) in [5, 5.41) is 0. The van der Waals surface area contributed by atoms with Gasteiger partial charge in [-0.1, -0.05) is 81.6 Å². The summed E-state index contributed by atoms with van der Waals surface area (Å²) in [7, 11) is 0. The lowest BCUT2D eigenvalue weighted by atomic mass is 9.31. The van der Waals surface area contributed by atoms with Crippen molar-refractivity contribution in [3.05, 3.63) is 0 Å². The largest absolute Gasteiger partial charge is 0.0654 e. The molecule has 0 spiro atoms. The lowest BCUT2D eigenvalue weighted by Gasteiger charge is -2.73. The van der Waals surface area contributed by atoms with Crippen LogP contribution in [0.5, 0.6) is 0 Å². The van der Waals surface area contributed by atoms with Crippen molar-refractivity contribution in [3.63, 3.8) is 0 Å². The maximum Gasteiger partial charge on any atom is -0.0235 e. The number of hydrogen-bond donors (Lipinski definition) is 0. The van der Waals surface area contributed by atoms with E-state index >= 15 is 0 Å². The van der Waals surface area contributed by atoms with Crippen molar-refractivity contribution in [2.45, 2.75) is 146 Å². The first-order valence-electron chi connectivity index (χ1n) is 15.8. The molecule has 0 amide bonds. The van der Waals surface area contributed by atoms with Gasteiger partial charge in [-0.3, -0.25) is 0 Å². The first kappa shape index (κ1) is 25.6. The third-order valence-corrected chi connectivity index (χ3v) is 14.6. The highest BCUT2D eigenvalue weighted by atomic mass is 14.7. The third kappa shape index (κ3) is 3.34. The molecule has 0 radical (unpaired) electrons. The highest BCUT2D eigenvalue weighted by Crippen LogP contribution is 2.78. The van der Waals surface area contributed by atoms with E-state index in [2.05, 4.69) is 62.3 Å². The maximum absolute atomic E-state index is 2.83. The van der Waals surface area contributed by atoms with Gasteiger partial charge < -0.3 is 0 Å². The van der Waals surface area contributed by atoms with E-state index in [1.807, 2.05) is 0 Å². The topological polar surface area (TPSA) is 0 Å². The molecule has 5 aliphatic carbocycles. The quantitative estimate of drug-likeness (QED) is 0.385. The summed E-state index contributed by atoms with van der Waals surface area (Å²) in [6, 6.07) is 0. The predicted octanol–water partition coefficient (Wildman–Crippen LogP) is 10.6. The van der Waals surface area contributed by atoms with E-state index in [9.17, 15) is 0 Å². The summed E-state index contributed by atoms with van der Waals surface area (Å²) in [6.07, 6.45) is 19.5. The second-order valence-electron chi connectivity index (χ2n) is 16.6. The predicted molar refractivity (Wildman–Crippen MR) is 148 cm³/mol. The minimum absolute atomic E-state index is 0.530. The van der Waals surface area contributed by atoms with Crippen molar-refractivity contribution in [2.75, 3.05) is 0 Å². The van der Waals surface area contributed by atoms with Gasteiger partial charge in [0.05, 0.1) is 0 Å². The Balaban J connectivity index is 1.46. The van der Waals surface area contributed by atoms with Crippen LogP contribution < -0.4 is 0 Å². The van der Waals surface area contributed by atoms with Crippen LogP contribution in [0.1, 0.15) is 146 Å². The molecule has 0 heteroatoms. The zero-order valence-electron chi connectivity index (χ0n) is 24.7. The fourth-order valence-corrected chi connectivity index (χ4v) is 13.5. The fraction of sp³-hybridized carbons (Fsp3) is 1.00. The monoisotopic (exact) mass is 468 g/mol. The van der Waals surface area contributed by atoms with Crippen LogP contribution in [0.25, 0.3) is 0 Å². The van der Waals surface area contributed by atoms with Gasteiger partial charge in [-0.25, -0.2) is 0 Å². The van der Waals surface area contributed by atoms with E-state index in [0.717, 1.165) is 41.4 Å². The van der Waals surface area contributed by atoms with E-state index in [1.165, 1.54) is 83.5 Å². The molecule has 5 rings (SSSR count). The van der Waals surface area contributed by atoms with Crippen LogP contribution in [0.15, 0.2) is 0 Å². The Bertz CT molecular complexity index is 764. The van der Waals surface area contributed by atoms with Gasteiger partial charge in [-0.2, -0.15) is 0 Å². The minimum Gasteiger partial charge on any atom is -0.0654 e. The van der Waals surface area contributed by atoms with Gasteiger partial charge in [0.2, 0.25) is 0 Å². The van der Waals surface area contributed by atoms with Crippen molar-refractivity contribution in [1.82, 2.24) is 0 Å². The Morgan fingerprint density at radius 1 is 0.706 bits per heavy atom. The van der Waals surface area contributed by atoms with E-state index < -0.39 is 0 Å². The molecule has 11 atom stereocenters. The lowest BCUT2D eigenvalue weighted by molar-refractivity contribution is -0.245. The third-order valence-electron chi connectivity index (χ3n) is 14.6. The van der Waals surface area contributed by atoms with Gasteiger partial charge in [0, 0.05) is 0 Å². The Hall–Kier alpha value is 0. The molecule has 0 nitrogen and oxygen atoms in total. The molecule has 0 heterocycles. The molecule has 34 heavy (non-hydrogen) atoms. The average molecular weight is 469 g/mol. The minimum atomic E-state index is 0.530. The Labute approximate surface area is 214 Å². The van der Waals surface area contributed by atoms with Crippen LogP contribution >= 0.6 is 0 Å². The van der Waals surface area contributed by atoms with Crippen LogP contribution in [0, 0.1) is 68.5 Å². The van der Waals surface area contributed by atoms with Crippen LogP contribution in [-0.4, -0.2) is 0 Å². The molecule has 0 aromatic carbocycles.